The van der Waals surface area contributed by atoms with Gasteiger partial charge in [0, 0.05) is 12.3 Å². The van der Waals surface area contributed by atoms with Crippen LogP contribution in [0.1, 0.15) is 6.92 Å². The van der Waals surface area contributed by atoms with Crippen LogP contribution in [0.3, 0.4) is 0 Å². The SMILES string of the molecule is C#CCNC(=O)[C@H](C)Nc1ccn(CC(F)(F)F)n1. The van der Waals surface area contributed by atoms with Crippen molar-refractivity contribution in [3.8, 4) is 12.3 Å². The van der Waals surface area contributed by atoms with Gasteiger partial charge < -0.3 is 10.6 Å². The van der Waals surface area contributed by atoms with E-state index in [-0.39, 0.29) is 18.3 Å². The number of terminal acetylenes is 1. The molecule has 0 saturated heterocycles. The molecule has 0 aliphatic rings. The topological polar surface area (TPSA) is 59.0 Å². The Hall–Kier alpha value is -2.17. The standard InChI is InChI=1S/C11H13F3N4O/c1-3-5-15-10(19)8(2)16-9-4-6-18(17-9)7-11(12,13)14/h1,4,6,8H,5,7H2,2H3,(H,15,19)(H,16,17)/t8-/m0/s1. The zero-order valence-corrected chi connectivity index (χ0v) is 10.2. The number of carbonyl (C=O) groups excluding carboxylic acids is 1. The summed E-state index contributed by atoms with van der Waals surface area (Å²) in [5.41, 5.74) is 0. The first kappa shape index (κ1) is 14.9. The third kappa shape index (κ3) is 5.33. The Morgan fingerprint density at radius 2 is 2.32 bits per heavy atom. The van der Waals surface area contributed by atoms with Crippen LogP contribution in [0.15, 0.2) is 12.3 Å². The molecule has 0 aliphatic heterocycles. The Morgan fingerprint density at radius 3 is 2.89 bits per heavy atom. The number of hydrogen-bond donors (Lipinski definition) is 2. The van der Waals surface area contributed by atoms with E-state index >= 15 is 0 Å². The second-order valence-corrected chi connectivity index (χ2v) is 3.80. The van der Waals surface area contributed by atoms with Gasteiger partial charge in [-0.2, -0.15) is 18.3 Å². The molecule has 0 radical (unpaired) electrons. The van der Waals surface area contributed by atoms with Crippen LogP contribution >= 0.6 is 0 Å². The predicted molar refractivity (Wildman–Crippen MR) is 63.2 cm³/mol. The van der Waals surface area contributed by atoms with Crippen molar-refractivity contribution in [1.29, 1.82) is 0 Å². The molecule has 2 N–H and O–H groups in total. The fraction of sp³-hybridized carbons (Fsp3) is 0.455. The van der Waals surface area contributed by atoms with Gasteiger partial charge >= 0.3 is 6.18 Å². The van der Waals surface area contributed by atoms with Gasteiger partial charge in [-0.05, 0) is 6.92 Å². The van der Waals surface area contributed by atoms with E-state index in [1.165, 1.54) is 12.3 Å². The van der Waals surface area contributed by atoms with Gasteiger partial charge in [0.15, 0.2) is 0 Å². The monoisotopic (exact) mass is 274 g/mol. The summed E-state index contributed by atoms with van der Waals surface area (Å²) in [6.07, 6.45) is 1.83. The highest BCUT2D eigenvalue weighted by Gasteiger charge is 2.28. The minimum absolute atomic E-state index is 0.0906. The second-order valence-electron chi connectivity index (χ2n) is 3.80. The Morgan fingerprint density at radius 1 is 1.63 bits per heavy atom. The van der Waals surface area contributed by atoms with Gasteiger partial charge in [0.2, 0.25) is 5.91 Å². The van der Waals surface area contributed by atoms with Gasteiger partial charge in [-0.25, -0.2) is 0 Å². The van der Waals surface area contributed by atoms with E-state index in [9.17, 15) is 18.0 Å². The molecule has 1 aromatic rings. The van der Waals surface area contributed by atoms with Crippen molar-refractivity contribution in [2.75, 3.05) is 11.9 Å². The lowest BCUT2D eigenvalue weighted by molar-refractivity contribution is -0.142. The average Bonchev–Trinajstić information content (AvgIpc) is 2.70. The zero-order valence-electron chi connectivity index (χ0n) is 10.2. The number of carbonyl (C=O) groups is 1. The van der Waals surface area contributed by atoms with Crippen molar-refractivity contribution in [2.24, 2.45) is 0 Å². The molecule has 0 saturated carbocycles. The molecule has 1 atom stereocenters. The van der Waals surface area contributed by atoms with Crippen LogP contribution in [-0.2, 0) is 11.3 Å². The van der Waals surface area contributed by atoms with Gasteiger partial charge in [0.25, 0.3) is 0 Å². The summed E-state index contributed by atoms with van der Waals surface area (Å²) >= 11 is 0. The van der Waals surface area contributed by atoms with E-state index in [4.69, 9.17) is 6.42 Å². The Kier molecular flexibility index (Phi) is 4.80. The van der Waals surface area contributed by atoms with Crippen LogP contribution < -0.4 is 10.6 Å². The molecular formula is C11H13F3N4O. The van der Waals surface area contributed by atoms with E-state index in [0.717, 1.165) is 4.68 Å². The molecule has 0 fully saturated rings. The van der Waals surface area contributed by atoms with Gasteiger partial charge in [-0.15, -0.1) is 6.42 Å². The highest BCUT2D eigenvalue weighted by molar-refractivity contribution is 5.84. The van der Waals surface area contributed by atoms with Gasteiger partial charge in [-0.1, -0.05) is 5.92 Å². The molecule has 0 unspecified atom stereocenters. The van der Waals surface area contributed by atoms with E-state index in [2.05, 4.69) is 21.7 Å². The first-order chi connectivity index (χ1) is 8.81. The first-order valence-electron chi connectivity index (χ1n) is 5.40. The van der Waals surface area contributed by atoms with Crippen molar-refractivity contribution in [3.63, 3.8) is 0 Å². The Labute approximate surface area is 108 Å². The van der Waals surface area contributed by atoms with E-state index in [1.807, 2.05) is 0 Å². The minimum atomic E-state index is -4.33. The lowest BCUT2D eigenvalue weighted by Crippen LogP contribution is -2.37. The molecule has 0 bridgehead atoms. The van der Waals surface area contributed by atoms with Crippen molar-refractivity contribution in [1.82, 2.24) is 15.1 Å². The highest BCUT2D eigenvalue weighted by atomic mass is 19.4. The van der Waals surface area contributed by atoms with Crippen LogP contribution in [0.25, 0.3) is 0 Å². The quantitative estimate of drug-likeness (QED) is 0.787. The molecule has 1 rings (SSSR count). The zero-order chi connectivity index (χ0) is 14.5. The minimum Gasteiger partial charge on any atom is -0.357 e. The van der Waals surface area contributed by atoms with E-state index in [0.29, 0.717) is 0 Å². The number of aromatic nitrogens is 2. The number of halogens is 3. The number of rotatable bonds is 5. The van der Waals surface area contributed by atoms with Crippen molar-refractivity contribution in [3.05, 3.63) is 12.3 Å². The smallest absolute Gasteiger partial charge is 0.357 e. The van der Waals surface area contributed by atoms with Gasteiger partial charge in [-0.3, -0.25) is 9.48 Å². The van der Waals surface area contributed by atoms with Crippen molar-refractivity contribution < 1.29 is 18.0 Å². The summed E-state index contributed by atoms with van der Waals surface area (Å²) < 4.78 is 37.1. The lowest BCUT2D eigenvalue weighted by Gasteiger charge is -2.12. The second kappa shape index (κ2) is 6.13. The summed E-state index contributed by atoms with van der Waals surface area (Å²) in [7, 11) is 0. The molecule has 0 aliphatic carbocycles. The number of nitrogens with zero attached hydrogens (tertiary/aromatic N) is 2. The van der Waals surface area contributed by atoms with Crippen LogP contribution in [0, 0.1) is 12.3 Å². The third-order valence-electron chi connectivity index (χ3n) is 2.10. The van der Waals surface area contributed by atoms with Crippen LogP contribution in [-0.4, -0.2) is 34.5 Å². The van der Waals surface area contributed by atoms with Gasteiger partial charge in [0.05, 0.1) is 6.54 Å². The number of anilines is 1. The summed E-state index contributed by atoms with van der Waals surface area (Å²) in [5.74, 6) is 2.07. The summed E-state index contributed by atoms with van der Waals surface area (Å²) in [4.78, 5) is 11.5. The molecule has 19 heavy (non-hydrogen) atoms. The maximum Gasteiger partial charge on any atom is 0.408 e. The number of hydrogen-bond acceptors (Lipinski definition) is 3. The summed E-state index contributed by atoms with van der Waals surface area (Å²) in [6, 6.07) is 0.707. The fourth-order valence-electron chi connectivity index (χ4n) is 1.29. The van der Waals surface area contributed by atoms with Crippen LogP contribution in [0.5, 0.6) is 0 Å². The number of alkyl halides is 3. The lowest BCUT2D eigenvalue weighted by atomic mass is 10.3. The molecule has 104 valence electrons. The Bertz CT molecular complexity index is 475. The molecule has 1 heterocycles. The number of amides is 1. The van der Waals surface area contributed by atoms with Crippen LogP contribution in [0.2, 0.25) is 0 Å². The highest BCUT2D eigenvalue weighted by Crippen LogP contribution is 2.17. The summed E-state index contributed by atoms with van der Waals surface area (Å²) in [6.45, 7) is 0.467. The maximum atomic E-state index is 12.1. The van der Waals surface area contributed by atoms with E-state index in [1.54, 1.807) is 6.92 Å². The van der Waals surface area contributed by atoms with Gasteiger partial charge in [0.1, 0.15) is 18.4 Å². The third-order valence-corrected chi connectivity index (χ3v) is 2.10. The largest absolute Gasteiger partial charge is 0.408 e. The van der Waals surface area contributed by atoms with E-state index < -0.39 is 18.8 Å². The van der Waals surface area contributed by atoms with Crippen LogP contribution in [0.4, 0.5) is 19.0 Å². The average molecular weight is 274 g/mol. The van der Waals surface area contributed by atoms with Crippen molar-refractivity contribution in [2.45, 2.75) is 25.7 Å². The molecular weight excluding hydrogens is 261 g/mol. The fourth-order valence-corrected chi connectivity index (χ4v) is 1.29. The number of nitrogens with one attached hydrogen (secondary N) is 2. The maximum absolute atomic E-state index is 12.1. The normalized spacial score (nSPS) is 12.6. The molecule has 5 nitrogen and oxygen atoms in total. The Balaban J connectivity index is 2.54. The van der Waals surface area contributed by atoms with Crippen molar-refractivity contribution >= 4 is 11.7 Å². The first-order valence-corrected chi connectivity index (χ1v) is 5.40. The molecule has 1 amide bonds. The molecule has 8 heteroatoms. The predicted octanol–water partition coefficient (Wildman–Crippen LogP) is 0.995. The molecule has 0 spiro atoms. The molecule has 0 aromatic carbocycles. The summed E-state index contributed by atoms with van der Waals surface area (Å²) in [5, 5.41) is 8.79. The molecule has 1 aromatic heterocycles.